The Bertz CT molecular complexity index is 389. The van der Waals surface area contributed by atoms with Crippen molar-refractivity contribution in [2.24, 2.45) is 23.3 Å². The van der Waals surface area contributed by atoms with E-state index >= 15 is 0 Å². The van der Waals surface area contributed by atoms with Crippen LogP contribution in [-0.2, 0) is 4.79 Å². The second kappa shape index (κ2) is 7.67. The summed E-state index contributed by atoms with van der Waals surface area (Å²) in [6, 6.07) is -0.559. The maximum Gasteiger partial charge on any atom is 0.239 e. The first-order valence-electron chi connectivity index (χ1n) is 8.07. The number of piperidine rings is 1. The molecule has 5 N–H and O–H groups in total. The zero-order valence-corrected chi connectivity index (χ0v) is 14.5. The second-order valence-corrected chi connectivity index (χ2v) is 7.88. The van der Waals surface area contributed by atoms with E-state index in [1.807, 2.05) is 4.90 Å². The number of nitrogens with two attached hydrogens (primary N) is 2. The van der Waals surface area contributed by atoms with E-state index in [0.29, 0.717) is 31.8 Å². The van der Waals surface area contributed by atoms with E-state index in [4.69, 9.17) is 34.7 Å². The summed E-state index contributed by atoms with van der Waals surface area (Å²) in [6.07, 6.45) is 2.35. The molecule has 2 aliphatic rings. The van der Waals surface area contributed by atoms with Gasteiger partial charge in [0.25, 0.3) is 0 Å². The molecule has 1 saturated heterocycles. The van der Waals surface area contributed by atoms with Gasteiger partial charge >= 0.3 is 0 Å². The van der Waals surface area contributed by atoms with Gasteiger partial charge in [-0.15, -0.1) is 23.2 Å². The minimum atomic E-state index is -0.490. The van der Waals surface area contributed by atoms with Crippen LogP contribution < -0.4 is 11.5 Å². The molecule has 0 aromatic rings. The van der Waals surface area contributed by atoms with Crippen LogP contribution in [0.5, 0.6) is 0 Å². The summed E-state index contributed by atoms with van der Waals surface area (Å²) >= 11 is 12.4. The van der Waals surface area contributed by atoms with E-state index in [9.17, 15) is 9.90 Å². The molecule has 1 heterocycles. The van der Waals surface area contributed by atoms with Crippen LogP contribution in [0.2, 0.25) is 0 Å². The Morgan fingerprint density at radius 1 is 1.18 bits per heavy atom. The van der Waals surface area contributed by atoms with Crippen LogP contribution in [-0.4, -0.2) is 57.9 Å². The molecule has 1 amide bonds. The van der Waals surface area contributed by atoms with Gasteiger partial charge in [0.1, 0.15) is 0 Å². The predicted octanol–water partition coefficient (Wildman–Crippen LogP) is 0.885. The largest absolute Gasteiger partial charge is 0.393 e. The highest BCUT2D eigenvalue weighted by Gasteiger charge is 2.40. The summed E-state index contributed by atoms with van der Waals surface area (Å²) in [5, 5.41) is 9.94. The van der Waals surface area contributed by atoms with E-state index in [1.54, 1.807) is 6.92 Å². The molecule has 1 aliphatic carbocycles. The average Bonchev–Trinajstić information content (AvgIpc) is 2.49. The Kier molecular flexibility index (Phi) is 6.37. The van der Waals surface area contributed by atoms with E-state index in [-0.39, 0.29) is 28.6 Å². The molecule has 0 radical (unpaired) electrons. The molecule has 1 saturated carbocycles. The standard InChI is InChI=1S/C15H27Cl2N3O2/c1-8(18)15(22)20-4-2-9(3-5-20)14(19)10-6-11(16)12(17)7-13(10)21/h8-14,21H,2-7,18-19H2,1H3/t8-,10?,11?,12?,13?,14-/m1/s1. The monoisotopic (exact) mass is 351 g/mol. The molecule has 2 rings (SSSR count). The van der Waals surface area contributed by atoms with Crippen molar-refractivity contribution in [3.8, 4) is 0 Å². The van der Waals surface area contributed by atoms with Crippen LogP contribution in [0.1, 0.15) is 32.6 Å². The molecule has 128 valence electrons. The topological polar surface area (TPSA) is 92.6 Å². The van der Waals surface area contributed by atoms with Crippen LogP contribution in [0.25, 0.3) is 0 Å². The minimum Gasteiger partial charge on any atom is -0.393 e. The minimum absolute atomic E-state index is 0.00414. The molecule has 0 aromatic heterocycles. The zero-order chi connectivity index (χ0) is 16.4. The molecule has 4 unspecified atom stereocenters. The Labute approximate surface area is 142 Å². The number of amides is 1. The smallest absolute Gasteiger partial charge is 0.239 e. The number of nitrogens with zero attached hydrogens (tertiary/aromatic N) is 1. The normalized spacial score (nSPS) is 36.9. The summed E-state index contributed by atoms with van der Waals surface area (Å²) in [4.78, 5) is 13.7. The van der Waals surface area contributed by atoms with E-state index < -0.39 is 12.1 Å². The van der Waals surface area contributed by atoms with E-state index in [0.717, 1.165) is 12.8 Å². The lowest BCUT2D eigenvalue weighted by atomic mass is 9.74. The molecule has 1 aliphatic heterocycles. The van der Waals surface area contributed by atoms with E-state index in [1.165, 1.54) is 0 Å². The van der Waals surface area contributed by atoms with Crippen molar-refractivity contribution < 1.29 is 9.90 Å². The van der Waals surface area contributed by atoms with Crippen LogP contribution in [0.15, 0.2) is 0 Å². The Morgan fingerprint density at radius 3 is 2.27 bits per heavy atom. The first-order chi connectivity index (χ1) is 10.3. The Balaban J connectivity index is 1.89. The van der Waals surface area contributed by atoms with Crippen LogP contribution in [0, 0.1) is 11.8 Å². The number of hydrogen-bond donors (Lipinski definition) is 3. The Hall–Kier alpha value is -0.0700. The second-order valence-electron chi connectivity index (χ2n) is 6.76. The van der Waals surface area contributed by atoms with Crippen molar-refractivity contribution in [1.29, 1.82) is 0 Å². The summed E-state index contributed by atoms with van der Waals surface area (Å²) in [5.74, 6) is 0.279. The molecular formula is C15H27Cl2N3O2. The van der Waals surface area contributed by atoms with Gasteiger partial charge in [-0.2, -0.15) is 0 Å². The number of halogens is 2. The van der Waals surface area contributed by atoms with Crippen molar-refractivity contribution in [3.63, 3.8) is 0 Å². The van der Waals surface area contributed by atoms with Gasteiger partial charge in [-0.1, -0.05) is 0 Å². The summed E-state index contributed by atoms with van der Waals surface area (Å²) < 4.78 is 0. The highest BCUT2D eigenvalue weighted by molar-refractivity contribution is 6.30. The quantitative estimate of drug-likeness (QED) is 0.658. The molecule has 22 heavy (non-hydrogen) atoms. The van der Waals surface area contributed by atoms with Crippen molar-refractivity contribution in [2.45, 2.75) is 61.5 Å². The molecule has 0 bridgehead atoms. The number of carbonyl (C=O) groups is 1. The third-order valence-electron chi connectivity index (χ3n) is 5.13. The number of rotatable bonds is 3. The van der Waals surface area contributed by atoms with Gasteiger partial charge in [-0.3, -0.25) is 4.79 Å². The number of hydrogen-bond acceptors (Lipinski definition) is 4. The number of aliphatic hydroxyl groups excluding tert-OH is 1. The number of carbonyl (C=O) groups excluding carboxylic acids is 1. The first-order valence-corrected chi connectivity index (χ1v) is 8.94. The molecule has 7 heteroatoms. The lowest BCUT2D eigenvalue weighted by Gasteiger charge is -2.42. The van der Waals surface area contributed by atoms with Crippen molar-refractivity contribution >= 4 is 29.1 Å². The lowest BCUT2D eigenvalue weighted by molar-refractivity contribution is -0.133. The number of likely N-dealkylation sites (tertiary alicyclic amines) is 1. The highest BCUT2D eigenvalue weighted by atomic mass is 35.5. The predicted molar refractivity (Wildman–Crippen MR) is 88.9 cm³/mol. The van der Waals surface area contributed by atoms with Crippen molar-refractivity contribution in [3.05, 3.63) is 0 Å². The molecule has 0 spiro atoms. The summed E-state index contributed by atoms with van der Waals surface area (Å²) in [7, 11) is 0. The maximum absolute atomic E-state index is 11.9. The van der Waals surface area contributed by atoms with Crippen LogP contribution >= 0.6 is 23.2 Å². The fourth-order valence-corrected chi connectivity index (χ4v) is 4.27. The maximum atomic E-state index is 11.9. The fourth-order valence-electron chi connectivity index (χ4n) is 3.67. The van der Waals surface area contributed by atoms with Crippen LogP contribution in [0.3, 0.4) is 0 Å². The Morgan fingerprint density at radius 2 is 1.73 bits per heavy atom. The van der Waals surface area contributed by atoms with Crippen LogP contribution in [0.4, 0.5) is 0 Å². The van der Waals surface area contributed by atoms with Crippen molar-refractivity contribution in [1.82, 2.24) is 4.90 Å². The van der Waals surface area contributed by atoms with Gasteiger partial charge in [-0.05, 0) is 38.5 Å². The average molecular weight is 352 g/mol. The molecular weight excluding hydrogens is 325 g/mol. The first kappa shape index (κ1) is 18.3. The third-order valence-corrected chi connectivity index (χ3v) is 6.22. The highest BCUT2D eigenvalue weighted by Crippen LogP contribution is 2.36. The zero-order valence-electron chi connectivity index (χ0n) is 13.0. The molecule has 5 nitrogen and oxygen atoms in total. The summed E-state index contributed by atoms with van der Waals surface area (Å²) in [6.45, 7) is 3.08. The molecule has 2 fully saturated rings. The number of aliphatic hydroxyl groups is 1. The number of alkyl halides is 2. The van der Waals surface area contributed by atoms with Gasteiger partial charge in [0.05, 0.1) is 22.9 Å². The van der Waals surface area contributed by atoms with Gasteiger partial charge in [0.15, 0.2) is 0 Å². The van der Waals surface area contributed by atoms with Gasteiger partial charge < -0.3 is 21.5 Å². The third kappa shape index (κ3) is 4.06. The van der Waals surface area contributed by atoms with Gasteiger partial charge in [0, 0.05) is 25.0 Å². The van der Waals surface area contributed by atoms with Gasteiger partial charge in [-0.25, -0.2) is 0 Å². The van der Waals surface area contributed by atoms with Gasteiger partial charge in [0.2, 0.25) is 5.91 Å². The van der Waals surface area contributed by atoms with Crippen molar-refractivity contribution in [2.75, 3.05) is 13.1 Å². The fraction of sp³-hybridized carbons (Fsp3) is 0.933. The SMILES string of the molecule is C[C@@H](N)C(=O)N1CCC([C@@H](N)C2CC(Cl)C(Cl)CC2O)CC1. The molecule has 6 atom stereocenters. The lowest BCUT2D eigenvalue weighted by Crippen LogP contribution is -2.53. The summed E-state index contributed by atoms with van der Waals surface area (Å²) in [5.41, 5.74) is 12.1. The van der Waals surface area contributed by atoms with E-state index in [2.05, 4.69) is 0 Å². The molecule has 0 aromatic carbocycles.